The van der Waals surface area contributed by atoms with Gasteiger partial charge in [-0.2, -0.15) is 0 Å². The van der Waals surface area contributed by atoms with E-state index in [4.69, 9.17) is 0 Å². The highest BCUT2D eigenvalue weighted by Crippen LogP contribution is 2.39. The third-order valence-electron chi connectivity index (χ3n) is 4.89. The Kier molecular flexibility index (Phi) is 3.87. The van der Waals surface area contributed by atoms with Crippen LogP contribution < -0.4 is 5.32 Å². The molecule has 1 aliphatic heterocycles. The van der Waals surface area contributed by atoms with E-state index in [1.807, 2.05) is 0 Å². The van der Waals surface area contributed by atoms with E-state index in [1.165, 1.54) is 17.4 Å². The second-order valence-electron chi connectivity index (χ2n) is 6.26. The summed E-state index contributed by atoms with van der Waals surface area (Å²) in [6, 6.07) is 8.94. The molecule has 0 bridgehead atoms. The van der Waals surface area contributed by atoms with Gasteiger partial charge in [-0.05, 0) is 49.3 Å². The Morgan fingerprint density at radius 2 is 2.00 bits per heavy atom. The molecule has 0 spiro atoms. The van der Waals surface area contributed by atoms with E-state index in [1.54, 1.807) is 0 Å². The van der Waals surface area contributed by atoms with Crippen molar-refractivity contribution in [1.29, 1.82) is 0 Å². The first-order chi connectivity index (χ1) is 9.55. The van der Waals surface area contributed by atoms with E-state index in [2.05, 4.69) is 29.6 Å². The largest absolute Gasteiger partial charge is 0.309 e. The van der Waals surface area contributed by atoms with E-state index in [-0.39, 0.29) is 5.25 Å². The lowest BCUT2D eigenvalue weighted by Crippen LogP contribution is -2.39. The molecule has 0 aromatic heterocycles. The topological polar surface area (TPSA) is 46.2 Å². The summed E-state index contributed by atoms with van der Waals surface area (Å²) in [5.41, 5.74) is 2.82. The molecule has 0 amide bonds. The molecule has 0 saturated heterocycles. The van der Waals surface area contributed by atoms with E-state index < -0.39 is 9.84 Å². The van der Waals surface area contributed by atoms with Gasteiger partial charge in [0, 0.05) is 12.3 Å². The van der Waals surface area contributed by atoms with E-state index in [0.717, 1.165) is 38.6 Å². The molecule has 110 valence electrons. The first-order valence-corrected chi connectivity index (χ1v) is 9.51. The third-order valence-corrected chi connectivity index (χ3v) is 6.53. The van der Waals surface area contributed by atoms with Gasteiger partial charge in [0.15, 0.2) is 0 Å². The fourth-order valence-electron chi connectivity index (χ4n) is 3.83. The molecule has 0 radical (unpaired) electrons. The molecular formula is C16H23NO2S. The maximum absolute atomic E-state index is 11.8. The molecule has 2 aliphatic rings. The summed E-state index contributed by atoms with van der Waals surface area (Å²) in [5, 5.41) is 3.48. The molecule has 3 rings (SSSR count). The van der Waals surface area contributed by atoms with Crippen LogP contribution in [0.2, 0.25) is 0 Å². The normalized spacial score (nSPS) is 30.8. The smallest absolute Gasteiger partial charge is 0.150 e. The Labute approximate surface area is 121 Å². The summed E-state index contributed by atoms with van der Waals surface area (Å²) in [6.07, 6.45) is 6.28. The van der Waals surface area contributed by atoms with Gasteiger partial charge in [-0.1, -0.05) is 30.7 Å². The van der Waals surface area contributed by atoms with Crippen LogP contribution in [0.5, 0.6) is 0 Å². The van der Waals surface area contributed by atoms with Crippen LogP contribution in [-0.4, -0.2) is 26.5 Å². The maximum Gasteiger partial charge on any atom is 0.150 e. The lowest BCUT2D eigenvalue weighted by atomic mass is 9.78. The molecule has 1 N–H and O–H groups in total. The zero-order valence-electron chi connectivity index (χ0n) is 12.0. The number of nitrogens with one attached hydrogen (secondary N) is 1. The summed E-state index contributed by atoms with van der Waals surface area (Å²) < 4.78 is 23.7. The van der Waals surface area contributed by atoms with Crippen molar-refractivity contribution >= 4 is 9.84 Å². The molecule has 1 saturated carbocycles. The van der Waals surface area contributed by atoms with Crippen LogP contribution in [0.1, 0.15) is 42.9 Å². The Balaban J connectivity index is 1.83. The van der Waals surface area contributed by atoms with Crippen LogP contribution >= 0.6 is 0 Å². The number of hydrogen-bond donors (Lipinski definition) is 1. The van der Waals surface area contributed by atoms with Gasteiger partial charge in [0.05, 0.1) is 5.25 Å². The first-order valence-electron chi connectivity index (χ1n) is 7.56. The minimum Gasteiger partial charge on any atom is -0.309 e. The Hall–Kier alpha value is -0.870. The SMILES string of the molecule is CS(=O)(=O)C1CCCC(C2NCCc3ccccc32)C1. The molecule has 1 aromatic carbocycles. The summed E-state index contributed by atoms with van der Waals surface area (Å²) in [6.45, 7) is 1.00. The summed E-state index contributed by atoms with van der Waals surface area (Å²) in [4.78, 5) is 0. The van der Waals surface area contributed by atoms with Crippen LogP contribution in [0, 0.1) is 5.92 Å². The van der Waals surface area contributed by atoms with E-state index in [0.29, 0.717) is 12.0 Å². The zero-order valence-corrected chi connectivity index (χ0v) is 12.8. The Bertz CT molecular complexity index is 582. The van der Waals surface area contributed by atoms with Crippen molar-refractivity contribution in [2.24, 2.45) is 5.92 Å². The van der Waals surface area contributed by atoms with E-state index in [9.17, 15) is 8.42 Å². The van der Waals surface area contributed by atoms with Gasteiger partial charge in [0.1, 0.15) is 9.84 Å². The molecule has 20 heavy (non-hydrogen) atoms. The van der Waals surface area contributed by atoms with Crippen LogP contribution in [-0.2, 0) is 16.3 Å². The number of sulfone groups is 1. The fourth-order valence-corrected chi connectivity index (χ4v) is 5.02. The highest BCUT2D eigenvalue weighted by Gasteiger charge is 2.35. The lowest BCUT2D eigenvalue weighted by molar-refractivity contribution is 0.266. The molecule has 3 nitrogen and oxygen atoms in total. The minimum absolute atomic E-state index is 0.142. The molecule has 1 aliphatic carbocycles. The zero-order chi connectivity index (χ0) is 14.2. The van der Waals surface area contributed by atoms with Crippen molar-refractivity contribution in [1.82, 2.24) is 5.32 Å². The minimum atomic E-state index is -2.90. The monoisotopic (exact) mass is 293 g/mol. The number of fused-ring (bicyclic) bond motifs is 1. The van der Waals surface area contributed by atoms with Crippen LogP contribution in [0.4, 0.5) is 0 Å². The second kappa shape index (κ2) is 5.49. The Morgan fingerprint density at radius 1 is 1.20 bits per heavy atom. The van der Waals surface area contributed by atoms with Crippen molar-refractivity contribution in [2.75, 3.05) is 12.8 Å². The molecular weight excluding hydrogens is 270 g/mol. The van der Waals surface area contributed by atoms with Crippen molar-refractivity contribution in [3.63, 3.8) is 0 Å². The van der Waals surface area contributed by atoms with Crippen molar-refractivity contribution in [3.05, 3.63) is 35.4 Å². The fraction of sp³-hybridized carbons (Fsp3) is 0.625. The van der Waals surface area contributed by atoms with Gasteiger partial charge >= 0.3 is 0 Å². The van der Waals surface area contributed by atoms with E-state index >= 15 is 0 Å². The molecule has 1 fully saturated rings. The first kappa shape index (κ1) is 14.1. The number of benzene rings is 1. The molecule has 3 unspecified atom stereocenters. The predicted octanol–water partition coefficient (Wildman–Crippen LogP) is 2.48. The molecule has 4 heteroatoms. The summed E-state index contributed by atoms with van der Waals surface area (Å²) in [7, 11) is -2.90. The molecule has 1 heterocycles. The van der Waals surface area contributed by atoms with Crippen molar-refractivity contribution < 1.29 is 8.42 Å². The molecule has 1 aromatic rings. The lowest BCUT2D eigenvalue weighted by Gasteiger charge is -2.37. The standard InChI is InChI=1S/C16H23NO2S/c1-20(18,19)14-7-4-6-13(11-14)16-15-8-3-2-5-12(15)9-10-17-16/h2-3,5,8,13-14,16-17H,4,6-7,9-11H2,1H3. The summed E-state index contributed by atoms with van der Waals surface area (Å²) in [5.74, 6) is 0.449. The predicted molar refractivity (Wildman–Crippen MR) is 81.5 cm³/mol. The highest BCUT2D eigenvalue weighted by atomic mass is 32.2. The van der Waals surface area contributed by atoms with Gasteiger partial charge in [-0.25, -0.2) is 8.42 Å². The van der Waals surface area contributed by atoms with Crippen LogP contribution in [0.3, 0.4) is 0 Å². The average molecular weight is 293 g/mol. The van der Waals surface area contributed by atoms with Crippen LogP contribution in [0.15, 0.2) is 24.3 Å². The number of hydrogen-bond acceptors (Lipinski definition) is 3. The van der Waals surface area contributed by atoms with Gasteiger partial charge < -0.3 is 5.32 Å². The van der Waals surface area contributed by atoms with Crippen molar-refractivity contribution in [3.8, 4) is 0 Å². The van der Waals surface area contributed by atoms with Gasteiger partial charge in [0.25, 0.3) is 0 Å². The van der Waals surface area contributed by atoms with Crippen LogP contribution in [0.25, 0.3) is 0 Å². The second-order valence-corrected chi connectivity index (χ2v) is 8.58. The van der Waals surface area contributed by atoms with Crippen molar-refractivity contribution in [2.45, 2.75) is 43.4 Å². The number of rotatable bonds is 2. The third kappa shape index (κ3) is 2.77. The highest BCUT2D eigenvalue weighted by molar-refractivity contribution is 7.91. The van der Waals surface area contributed by atoms with Gasteiger partial charge in [-0.3, -0.25) is 0 Å². The van der Waals surface area contributed by atoms with Gasteiger partial charge in [-0.15, -0.1) is 0 Å². The molecule has 3 atom stereocenters. The average Bonchev–Trinajstić information content (AvgIpc) is 2.46. The summed E-state index contributed by atoms with van der Waals surface area (Å²) >= 11 is 0. The maximum atomic E-state index is 11.8. The Morgan fingerprint density at radius 3 is 2.80 bits per heavy atom. The van der Waals surface area contributed by atoms with Gasteiger partial charge in [0.2, 0.25) is 0 Å². The quantitative estimate of drug-likeness (QED) is 0.911.